The summed E-state index contributed by atoms with van der Waals surface area (Å²) >= 11 is 0. The molecule has 118 valence electrons. The molecule has 0 saturated carbocycles. The zero-order valence-corrected chi connectivity index (χ0v) is 13.2. The van der Waals surface area contributed by atoms with Crippen molar-refractivity contribution in [2.45, 2.75) is 26.2 Å². The molecule has 0 bridgehead atoms. The van der Waals surface area contributed by atoms with Gasteiger partial charge in [-0.1, -0.05) is 30.3 Å². The zero-order chi connectivity index (χ0) is 15.8. The second-order valence-electron chi connectivity index (χ2n) is 6.13. The van der Waals surface area contributed by atoms with Crippen LogP contribution in [0, 0.1) is 12.1 Å². The molecule has 2 aromatic heterocycles. The average molecular weight is 308 g/mol. The normalized spacial score (nSPS) is 15.3. The molecular formula is C18H20N4O. The fraction of sp³-hybridized carbons (Fsp3) is 0.333. The van der Waals surface area contributed by atoms with E-state index in [4.69, 9.17) is 0 Å². The number of aromatic amines is 1. The molecule has 4 rings (SSSR count). The third-order valence-corrected chi connectivity index (χ3v) is 4.54. The molecule has 0 radical (unpaired) electrons. The van der Waals surface area contributed by atoms with E-state index in [1.165, 1.54) is 19.3 Å². The summed E-state index contributed by atoms with van der Waals surface area (Å²) in [6, 6.07) is 12.0. The lowest BCUT2D eigenvalue weighted by Crippen LogP contribution is -2.36. The number of hydrogen-bond donors (Lipinski definition) is 1. The first-order chi connectivity index (χ1) is 11.2. The Morgan fingerprint density at radius 1 is 1.13 bits per heavy atom. The van der Waals surface area contributed by atoms with Gasteiger partial charge >= 0.3 is 5.82 Å². The van der Waals surface area contributed by atoms with Crippen LogP contribution in [-0.4, -0.2) is 23.1 Å². The lowest BCUT2D eigenvalue weighted by atomic mass is 10.1. The molecule has 1 aromatic carbocycles. The quantitative estimate of drug-likeness (QED) is 0.584. The van der Waals surface area contributed by atoms with Gasteiger partial charge in [0.2, 0.25) is 0 Å². The van der Waals surface area contributed by atoms with Crippen LogP contribution in [0.1, 0.15) is 25.1 Å². The molecule has 5 heteroatoms. The van der Waals surface area contributed by atoms with E-state index in [2.05, 4.69) is 14.9 Å². The van der Waals surface area contributed by atoms with Crippen LogP contribution >= 0.6 is 0 Å². The Balaban J connectivity index is 1.89. The number of benzene rings is 1. The third-order valence-electron chi connectivity index (χ3n) is 4.54. The highest BCUT2D eigenvalue weighted by Crippen LogP contribution is 2.29. The summed E-state index contributed by atoms with van der Waals surface area (Å²) in [5.41, 5.74) is 3.53. The van der Waals surface area contributed by atoms with E-state index in [0.29, 0.717) is 11.3 Å². The smallest absolute Gasteiger partial charge is 0.301 e. The largest absolute Gasteiger partial charge is 0.710 e. The molecule has 0 unspecified atom stereocenters. The summed E-state index contributed by atoms with van der Waals surface area (Å²) in [6.07, 6.45) is 3.63. The molecule has 0 atom stereocenters. The zero-order valence-electron chi connectivity index (χ0n) is 13.2. The predicted molar refractivity (Wildman–Crippen MR) is 91.3 cm³/mol. The highest BCUT2D eigenvalue weighted by Gasteiger charge is 2.24. The van der Waals surface area contributed by atoms with Crippen molar-refractivity contribution in [3.63, 3.8) is 0 Å². The monoisotopic (exact) mass is 308 g/mol. The standard InChI is InChI=1S/C18H20N4O/c1-13-19-18(21-10-6-3-7-11-21)17-16(22(13)23)12-15(20-17)14-8-4-2-5-9-14/h2,4-5,8-9,12,20H,3,6-7,10-11H2,1H3. The highest BCUT2D eigenvalue weighted by molar-refractivity contribution is 5.89. The van der Waals surface area contributed by atoms with Gasteiger partial charge in [-0.15, -0.1) is 0 Å². The first-order valence-electron chi connectivity index (χ1n) is 8.17. The summed E-state index contributed by atoms with van der Waals surface area (Å²) in [4.78, 5) is 10.3. The van der Waals surface area contributed by atoms with Crippen LogP contribution in [0.4, 0.5) is 5.82 Å². The number of aryl methyl sites for hydroxylation is 1. The minimum Gasteiger partial charge on any atom is -0.710 e. The summed E-state index contributed by atoms with van der Waals surface area (Å²) in [7, 11) is 0. The summed E-state index contributed by atoms with van der Waals surface area (Å²) in [6.45, 7) is 3.78. The van der Waals surface area contributed by atoms with Crippen LogP contribution in [0.25, 0.3) is 22.3 Å². The lowest BCUT2D eigenvalue weighted by molar-refractivity contribution is -0.587. The van der Waals surface area contributed by atoms with Crippen molar-refractivity contribution in [2.24, 2.45) is 0 Å². The SMILES string of the molecule is Cc1nc(N2CCCCC2)c2[nH]c(-c3ccccc3)cc2[n+]1[O-]. The average Bonchev–Trinajstić information content (AvgIpc) is 3.05. The van der Waals surface area contributed by atoms with Gasteiger partial charge in [-0.3, -0.25) is 0 Å². The van der Waals surface area contributed by atoms with Crippen molar-refractivity contribution in [1.29, 1.82) is 0 Å². The number of piperidine rings is 1. The number of aromatic nitrogens is 3. The van der Waals surface area contributed by atoms with Crippen LogP contribution < -0.4 is 9.63 Å². The van der Waals surface area contributed by atoms with Crippen molar-refractivity contribution < 1.29 is 4.73 Å². The van der Waals surface area contributed by atoms with Crippen molar-refractivity contribution in [2.75, 3.05) is 18.0 Å². The van der Waals surface area contributed by atoms with Crippen LogP contribution in [0.15, 0.2) is 36.4 Å². The van der Waals surface area contributed by atoms with Gasteiger partial charge < -0.3 is 15.1 Å². The Bertz CT molecular complexity index is 835. The molecule has 1 saturated heterocycles. The number of anilines is 1. The number of nitrogens with zero attached hydrogens (tertiary/aromatic N) is 3. The molecular weight excluding hydrogens is 288 g/mol. The Hall–Kier alpha value is -2.56. The van der Waals surface area contributed by atoms with Crippen LogP contribution in [-0.2, 0) is 0 Å². The topological polar surface area (TPSA) is 58.9 Å². The molecule has 0 aliphatic carbocycles. The highest BCUT2D eigenvalue weighted by atomic mass is 16.5. The van der Waals surface area contributed by atoms with Gasteiger partial charge in [0.1, 0.15) is 0 Å². The Morgan fingerprint density at radius 3 is 2.61 bits per heavy atom. The van der Waals surface area contributed by atoms with Crippen LogP contribution in [0.3, 0.4) is 0 Å². The van der Waals surface area contributed by atoms with E-state index in [9.17, 15) is 5.21 Å². The minimum absolute atomic E-state index is 0.497. The van der Waals surface area contributed by atoms with Crippen molar-refractivity contribution in [1.82, 2.24) is 9.97 Å². The maximum absolute atomic E-state index is 12.4. The number of rotatable bonds is 2. The Labute approximate surface area is 135 Å². The van der Waals surface area contributed by atoms with Crippen molar-refractivity contribution in [3.8, 4) is 11.3 Å². The van der Waals surface area contributed by atoms with Gasteiger partial charge in [0.25, 0.3) is 5.82 Å². The fourth-order valence-corrected chi connectivity index (χ4v) is 3.31. The van der Waals surface area contributed by atoms with Gasteiger partial charge in [0.15, 0.2) is 11.0 Å². The molecule has 3 aromatic rings. The molecule has 1 aliphatic rings. The Kier molecular flexibility index (Phi) is 3.41. The van der Waals surface area contributed by atoms with E-state index >= 15 is 0 Å². The van der Waals surface area contributed by atoms with Gasteiger partial charge in [-0.25, -0.2) is 4.73 Å². The van der Waals surface area contributed by atoms with Gasteiger partial charge in [0, 0.05) is 26.1 Å². The number of H-pyrrole nitrogens is 1. The molecule has 1 aliphatic heterocycles. The molecule has 0 spiro atoms. The van der Waals surface area contributed by atoms with Crippen molar-refractivity contribution >= 4 is 16.9 Å². The van der Waals surface area contributed by atoms with E-state index < -0.39 is 0 Å². The van der Waals surface area contributed by atoms with Gasteiger partial charge in [-0.05, 0) is 29.8 Å². The summed E-state index contributed by atoms with van der Waals surface area (Å²) in [5.74, 6) is 1.41. The lowest BCUT2D eigenvalue weighted by Gasteiger charge is -2.25. The number of nitrogens with one attached hydrogen (secondary N) is 1. The van der Waals surface area contributed by atoms with E-state index in [0.717, 1.165) is 40.4 Å². The molecule has 1 fully saturated rings. The summed E-state index contributed by atoms with van der Waals surface area (Å²) < 4.78 is 0.922. The molecule has 23 heavy (non-hydrogen) atoms. The van der Waals surface area contributed by atoms with E-state index in [-0.39, 0.29) is 0 Å². The summed E-state index contributed by atoms with van der Waals surface area (Å²) in [5, 5.41) is 12.4. The minimum atomic E-state index is 0.497. The van der Waals surface area contributed by atoms with Crippen molar-refractivity contribution in [3.05, 3.63) is 47.4 Å². The van der Waals surface area contributed by atoms with Gasteiger partial charge in [0.05, 0.1) is 5.69 Å². The second kappa shape index (κ2) is 5.57. The molecule has 0 amide bonds. The maximum Gasteiger partial charge on any atom is 0.301 e. The molecule has 5 nitrogen and oxygen atoms in total. The first-order valence-corrected chi connectivity index (χ1v) is 8.17. The maximum atomic E-state index is 12.4. The van der Waals surface area contributed by atoms with E-state index in [1.807, 2.05) is 36.4 Å². The number of fused-ring (bicyclic) bond motifs is 1. The van der Waals surface area contributed by atoms with E-state index in [1.54, 1.807) is 6.92 Å². The molecule has 3 heterocycles. The van der Waals surface area contributed by atoms with Crippen LogP contribution in [0.5, 0.6) is 0 Å². The predicted octanol–water partition coefficient (Wildman–Crippen LogP) is 3.16. The van der Waals surface area contributed by atoms with Gasteiger partial charge in [-0.2, -0.15) is 0 Å². The first kappa shape index (κ1) is 14.1. The third kappa shape index (κ3) is 2.42. The number of hydrogen-bond acceptors (Lipinski definition) is 3. The second-order valence-corrected chi connectivity index (χ2v) is 6.13. The molecule has 1 N–H and O–H groups in total. The fourth-order valence-electron chi connectivity index (χ4n) is 3.31. The van der Waals surface area contributed by atoms with Crippen LogP contribution in [0.2, 0.25) is 0 Å². The Morgan fingerprint density at radius 2 is 1.87 bits per heavy atom.